The van der Waals surface area contributed by atoms with Crippen LogP contribution in [0.2, 0.25) is 0 Å². The predicted octanol–water partition coefficient (Wildman–Crippen LogP) is 4.43. The maximum atomic E-state index is 12.0. The zero-order valence-corrected chi connectivity index (χ0v) is 14.5. The van der Waals surface area contributed by atoms with Gasteiger partial charge in [0.1, 0.15) is 5.75 Å². The van der Waals surface area contributed by atoms with E-state index in [0.717, 1.165) is 6.42 Å². The van der Waals surface area contributed by atoms with Crippen LogP contribution in [0.25, 0.3) is 0 Å². The summed E-state index contributed by atoms with van der Waals surface area (Å²) in [4.78, 5) is 24.0. The van der Waals surface area contributed by atoms with Gasteiger partial charge in [-0.25, -0.2) is 0 Å². The summed E-state index contributed by atoms with van der Waals surface area (Å²) < 4.78 is 5.92. The summed E-state index contributed by atoms with van der Waals surface area (Å²) in [6.45, 7) is 5.94. The van der Waals surface area contributed by atoms with E-state index in [4.69, 9.17) is 4.74 Å². The number of rotatable bonds is 7. The van der Waals surface area contributed by atoms with Crippen molar-refractivity contribution in [1.29, 1.82) is 0 Å². The highest BCUT2D eigenvalue weighted by Gasteiger charge is 2.16. The predicted molar refractivity (Wildman–Crippen MR) is 88.0 cm³/mol. The molecular formula is C16H22BrNO3. The van der Waals surface area contributed by atoms with Crippen molar-refractivity contribution >= 4 is 33.3 Å². The maximum Gasteiger partial charge on any atom is 0.224 e. The smallest absolute Gasteiger partial charge is 0.224 e. The summed E-state index contributed by atoms with van der Waals surface area (Å²) >= 11 is 3.37. The first kappa shape index (κ1) is 17.7. The number of hydrogen-bond acceptors (Lipinski definition) is 3. The van der Waals surface area contributed by atoms with Gasteiger partial charge in [0.2, 0.25) is 5.91 Å². The summed E-state index contributed by atoms with van der Waals surface area (Å²) in [7, 11) is 1.55. The van der Waals surface area contributed by atoms with E-state index >= 15 is 0 Å². The van der Waals surface area contributed by atoms with Gasteiger partial charge in [-0.1, -0.05) is 20.8 Å². The molecule has 0 aliphatic heterocycles. The summed E-state index contributed by atoms with van der Waals surface area (Å²) in [6, 6.07) is 3.38. The Kier molecular flexibility index (Phi) is 6.89. The van der Waals surface area contributed by atoms with Crippen LogP contribution in [0.5, 0.6) is 5.75 Å². The second-order valence-corrected chi connectivity index (χ2v) is 6.14. The average molecular weight is 356 g/mol. The molecule has 0 spiro atoms. The van der Waals surface area contributed by atoms with E-state index in [2.05, 4.69) is 35.1 Å². The highest BCUT2D eigenvalue weighted by atomic mass is 79.9. The number of ketones is 1. The third-order valence-corrected chi connectivity index (χ3v) is 3.76. The van der Waals surface area contributed by atoms with Gasteiger partial charge in [-0.3, -0.25) is 9.59 Å². The van der Waals surface area contributed by atoms with Crippen LogP contribution in [0.15, 0.2) is 16.6 Å². The molecule has 0 aromatic heterocycles. The highest BCUT2D eigenvalue weighted by Crippen LogP contribution is 2.32. The standard InChI is InChI=1S/C16H22BrNO3/c1-5-14(19)11-8-12(17)15(21-4)9-13(11)18-16(20)7-6-10(2)3/h8-10H,5-7H2,1-4H3,(H,18,20). The second kappa shape index (κ2) is 8.17. The molecule has 0 unspecified atom stereocenters. The summed E-state index contributed by atoms with van der Waals surface area (Å²) in [5.74, 6) is 0.949. The van der Waals surface area contributed by atoms with Gasteiger partial charge < -0.3 is 10.1 Å². The third kappa shape index (κ3) is 5.16. The van der Waals surface area contributed by atoms with Crippen LogP contribution in [-0.2, 0) is 4.79 Å². The molecule has 116 valence electrons. The van der Waals surface area contributed by atoms with E-state index in [-0.39, 0.29) is 11.7 Å². The fourth-order valence-electron chi connectivity index (χ4n) is 1.87. The van der Waals surface area contributed by atoms with Gasteiger partial charge in [-0.2, -0.15) is 0 Å². The average Bonchev–Trinajstić information content (AvgIpc) is 2.45. The molecule has 5 heteroatoms. The van der Waals surface area contributed by atoms with Gasteiger partial charge in [0.15, 0.2) is 5.78 Å². The molecule has 21 heavy (non-hydrogen) atoms. The van der Waals surface area contributed by atoms with E-state index in [0.29, 0.717) is 40.2 Å². The number of hydrogen-bond donors (Lipinski definition) is 1. The molecule has 1 rings (SSSR count). The number of halogens is 1. The van der Waals surface area contributed by atoms with Crippen molar-refractivity contribution in [3.8, 4) is 5.75 Å². The van der Waals surface area contributed by atoms with Crippen molar-refractivity contribution in [2.45, 2.75) is 40.0 Å². The minimum absolute atomic E-state index is 0.0162. The Morgan fingerprint density at radius 2 is 2.00 bits per heavy atom. The van der Waals surface area contributed by atoms with Gasteiger partial charge in [0.25, 0.3) is 0 Å². The van der Waals surface area contributed by atoms with E-state index in [1.165, 1.54) is 0 Å². The number of benzene rings is 1. The third-order valence-electron chi connectivity index (χ3n) is 3.14. The number of amides is 1. The van der Waals surface area contributed by atoms with Crippen molar-refractivity contribution < 1.29 is 14.3 Å². The molecule has 1 amide bonds. The Labute approximate surface area is 134 Å². The number of methoxy groups -OCH3 is 1. The SMILES string of the molecule is CCC(=O)c1cc(Br)c(OC)cc1NC(=O)CCC(C)C. The minimum Gasteiger partial charge on any atom is -0.495 e. The monoisotopic (exact) mass is 355 g/mol. The van der Waals surface area contributed by atoms with Crippen molar-refractivity contribution in [1.82, 2.24) is 0 Å². The molecule has 0 aliphatic carbocycles. The Hall–Kier alpha value is -1.36. The summed E-state index contributed by atoms with van der Waals surface area (Å²) in [5.41, 5.74) is 1.01. The zero-order chi connectivity index (χ0) is 16.0. The molecule has 0 aliphatic rings. The fourth-order valence-corrected chi connectivity index (χ4v) is 2.37. The largest absolute Gasteiger partial charge is 0.495 e. The first-order chi connectivity index (χ1) is 9.88. The summed E-state index contributed by atoms with van der Waals surface area (Å²) in [5, 5.41) is 2.82. The molecule has 0 saturated heterocycles. The van der Waals surface area contributed by atoms with E-state index in [1.54, 1.807) is 26.2 Å². The highest BCUT2D eigenvalue weighted by molar-refractivity contribution is 9.10. The van der Waals surface area contributed by atoms with Crippen LogP contribution in [0, 0.1) is 5.92 Å². The van der Waals surface area contributed by atoms with E-state index < -0.39 is 0 Å². The minimum atomic E-state index is -0.0850. The lowest BCUT2D eigenvalue weighted by molar-refractivity contribution is -0.116. The molecular weight excluding hydrogens is 334 g/mol. The van der Waals surface area contributed by atoms with Gasteiger partial charge in [-0.15, -0.1) is 0 Å². The van der Waals surface area contributed by atoms with Crippen LogP contribution in [0.1, 0.15) is 50.4 Å². The number of Topliss-reactive ketones (excluding diaryl/α,β-unsaturated/α-hetero) is 1. The number of ether oxygens (including phenoxy) is 1. The number of carbonyl (C=O) groups excluding carboxylic acids is 2. The van der Waals surface area contributed by atoms with Crippen molar-refractivity contribution in [2.24, 2.45) is 5.92 Å². The molecule has 0 radical (unpaired) electrons. The molecule has 1 N–H and O–H groups in total. The summed E-state index contributed by atoms with van der Waals surface area (Å²) in [6.07, 6.45) is 1.64. The first-order valence-corrected chi connectivity index (χ1v) is 7.88. The molecule has 1 aromatic rings. The van der Waals surface area contributed by atoms with Crippen molar-refractivity contribution in [3.05, 3.63) is 22.2 Å². The number of nitrogens with one attached hydrogen (secondary N) is 1. The lowest BCUT2D eigenvalue weighted by Gasteiger charge is -2.13. The molecule has 0 heterocycles. The van der Waals surface area contributed by atoms with Gasteiger partial charge in [-0.05, 0) is 34.3 Å². The number of carbonyl (C=O) groups is 2. The fraction of sp³-hybridized carbons (Fsp3) is 0.500. The van der Waals surface area contributed by atoms with Crippen molar-refractivity contribution in [2.75, 3.05) is 12.4 Å². The molecule has 0 bridgehead atoms. The van der Waals surface area contributed by atoms with Crippen LogP contribution >= 0.6 is 15.9 Å². The zero-order valence-electron chi connectivity index (χ0n) is 13.0. The van der Waals surface area contributed by atoms with Gasteiger partial charge in [0.05, 0.1) is 17.3 Å². The molecule has 0 fully saturated rings. The lowest BCUT2D eigenvalue weighted by Crippen LogP contribution is -2.15. The molecule has 1 aromatic carbocycles. The molecule has 0 saturated carbocycles. The van der Waals surface area contributed by atoms with Crippen LogP contribution < -0.4 is 10.1 Å². The van der Waals surface area contributed by atoms with Gasteiger partial charge in [0, 0.05) is 24.5 Å². The van der Waals surface area contributed by atoms with Gasteiger partial charge >= 0.3 is 0 Å². The van der Waals surface area contributed by atoms with Crippen molar-refractivity contribution in [3.63, 3.8) is 0 Å². The topological polar surface area (TPSA) is 55.4 Å². The molecule has 4 nitrogen and oxygen atoms in total. The second-order valence-electron chi connectivity index (χ2n) is 5.29. The Morgan fingerprint density at radius 1 is 1.33 bits per heavy atom. The Balaban J connectivity index is 3.02. The molecule has 0 atom stereocenters. The lowest BCUT2D eigenvalue weighted by atomic mass is 10.0. The number of anilines is 1. The van der Waals surface area contributed by atoms with E-state index in [9.17, 15) is 9.59 Å². The van der Waals surface area contributed by atoms with Crippen LogP contribution in [0.3, 0.4) is 0 Å². The normalized spacial score (nSPS) is 10.6. The Morgan fingerprint density at radius 3 is 2.52 bits per heavy atom. The van der Waals surface area contributed by atoms with Crippen LogP contribution in [-0.4, -0.2) is 18.8 Å². The quantitative estimate of drug-likeness (QED) is 0.736. The van der Waals surface area contributed by atoms with E-state index in [1.807, 2.05) is 0 Å². The Bertz CT molecular complexity index is 526. The maximum absolute atomic E-state index is 12.0. The first-order valence-electron chi connectivity index (χ1n) is 7.09. The van der Waals surface area contributed by atoms with Crippen LogP contribution in [0.4, 0.5) is 5.69 Å².